The van der Waals surface area contributed by atoms with Gasteiger partial charge in [-0.2, -0.15) is 0 Å². The smallest absolute Gasteiger partial charge is 0.203 e. The minimum atomic E-state index is -0.178. The van der Waals surface area contributed by atoms with Crippen molar-refractivity contribution in [2.75, 3.05) is 41.5 Å². The second kappa shape index (κ2) is 8.84. The van der Waals surface area contributed by atoms with E-state index >= 15 is 0 Å². The number of hydrogen-bond donors (Lipinski definition) is 1. The van der Waals surface area contributed by atoms with Crippen molar-refractivity contribution in [3.63, 3.8) is 0 Å². The summed E-state index contributed by atoms with van der Waals surface area (Å²) in [6.07, 6.45) is 3.48. The van der Waals surface area contributed by atoms with Crippen molar-refractivity contribution in [3.05, 3.63) is 53.1 Å². The molecule has 0 aliphatic carbocycles. The van der Waals surface area contributed by atoms with Crippen LogP contribution in [0, 0.1) is 0 Å². The van der Waals surface area contributed by atoms with Crippen LogP contribution >= 0.6 is 0 Å². The van der Waals surface area contributed by atoms with Gasteiger partial charge < -0.3 is 19.3 Å². The van der Waals surface area contributed by atoms with Crippen LogP contribution in [-0.2, 0) is 18.4 Å². The molecule has 2 aromatic rings. The van der Waals surface area contributed by atoms with Crippen LogP contribution in [0.5, 0.6) is 17.2 Å². The Bertz CT molecular complexity index is 782. The first-order valence-electron chi connectivity index (χ1n) is 9.79. The van der Waals surface area contributed by atoms with Crippen molar-refractivity contribution < 1.29 is 19.3 Å². The van der Waals surface area contributed by atoms with E-state index in [1.165, 1.54) is 11.1 Å². The molecule has 1 heterocycles. The van der Waals surface area contributed by atoms with Gasteiger partial charge in [0.2, 0.25) is 5.75 Å². The zero-order valence-corrected chi connectivity index (χ0v) is 17.3. The number of rotatable bonds is 8. The van der Waals surface area contributed by atoms with E-state index < -0.39 is 0 Å². The molecule has 0 amide bonds. The summed E-state index contributed by atoms with van der Waals surface area (Å²) >= 11 is 0. The normalized spacial score (nSPS) is 19.2. The maximum Gasteiger partial charge on any atom is 0.203 e. The molecule has 5 heteroatoms. The topological polar surface area (TPSA) is 51.2 Å². The second-order valence-corrected chi connectivity index (χ2v) is 7.40. The Morgan fingerprint density at radius 3 is 2.32 bits per heavy atom. The highest BCUT2D eigenvalue weighted by Gasteiger charge is 2.40. The summed E-state index contributed by atoms with van der Waals surface area (Å²) < 4.78 is 16.6. The standard InChI is InChI=1S/C23H31NO4/c1-24-12-10-18-8-5-6-9-19(18)23(24,11-7-13-25)16-17-14-20(26-2)22(28-4)21(15-17)27-3/h5-6,8-9,14-15,25H,7,10-13,16H2,1-4H3. The number of benzene rings is 2. The number of methoxy groups -OCH3 is 3. The van der Waals surface area contributed by atoms with E-state index in [9.17, 15) is 5.11 Å². The Hall–Kier alpha value is -2.24. The monoisotopic (exact) mass is 385 g/mol. The predicted octanol–water partition coefficient (Wildman–Crippen LogP) is 3.41. The number of aliphatic hydroxyl groups excluding tert-OH is 1. The van der Waals surface area contributed by atoms with Gasteiger partial charge in [-0.05, 0) is 61.6 Å². The number of aliphatic hydroxyl groups is 1. The SMILES string of the molecule is COc1cc(CC2(CCCO)c3ccccc3CCN2C)cc(OC)c1OC. The summed E-state index contributed by atoms with van der Waals surface area (Å²) in [5.74, 6) is 1.94. The zero-order valence-electron chi connectivity index (χ0n) is 17.3. The summed E-state index contributed by atoms with van der Waals surface area (Å²) in [6.45, 7) is 1.18. The Labute approximate surface area is 167 Å². The van der Waals surface area contributed by atoms with Crippen molar-refractivity contribution in [2.45, 2.75) is 31.2 Å². The molecule has 1 aliphatic rings. The van der Waals surface area contributed by atoms with Crippen LogP contribution in [0.25, 0.3) is 0 Å². The van der Waals surface area contributed by atoms with E-state index in [2.05, 4.69) is 36.2 Å². The van der Waals surface area contributed by atoms with Gasteiger partial charge in [0, 0.05) is 13.2 Å². The van der Waals surface area contributed by atoms with E-state index in [1.807, 2.05) is 12.1 Å². The summed E-state index contributed by atoms with van der Waals surface area (Å²) in [6, 6.07) is 12.8. The van der Waals surface area contributed by atoms with E-state index in [1.54, 1.807) is 21.3 Å². The van der Waals surface area contributed by atoms with E-state index in [0.717, 1.165) is 37.8 Å². The van der Waals surface area contributed by atoms with Crippen LogP contribution in [0.4, 0.5) is 0 Å². The molecule has 5 nitrogen and oxygen atoms in total. The molecule has 1 atom stereocenters. The number of ether oxygens (including phenoxy) is 3. The zero-order chi connectivity index (χ0) is 20.1. The first-order chi connectivity index (χ1) is 13.6. The first-order valence-corrected chi connectivity index (χ1v) is 9.79. The molecule has 0 saturated heterocycles. The lowest BCUT2D eigenvalue weighted by Crippen LogP contribution is -2.50. The fourth-order valence-corrected chi connectivity index (χ4v) is 4.49. The van der Waals surface area contributed by atoms with Gasteiger partial charge in [-0.1, -0.05) is 24.3 Å². The van der Waals surface area contributed by atoms with Crippen LogP contribution in [0.3, 0.4) is 0 Å². The first kappa shape index (κ1) is 20.5. The van der Waals surface area contributed by atoms with Crippen LogP contribution in [-0.4, -0.2) is 51.5 Å². The highest BCUT2D eigenvalue weighted by atomic mass is 16.5. The molecule has 28 heavy (non-hydrogen) atoms. The third-order valence-corrected chi connectivity index (χ3v) is 5.94. The molecule has 2 aromatic carbocycles. The van der Waals surface area contributed by atoms with Crippen LogP contribution in [0.2, 0.25) is 0 Å². The van der Waals surface area contributed by atoms with Crippen LogP contribution < -0.4 is 14.2 Å². The lowest BCUT2D eigenvalue weighted by atomic mass is 9.74. The number of hydrogen-bond acceptors (Lipinski definition) is 5. The highest BCUT2D eigenvalue weighted by molar-refractivity contribution is 5.54. The fraction of sp³-hybridized carbons (Fsp3) is 0.478. The average molecular weight is 386 g/mol. The van der Waals surface area contributed by atoms with Gasteiger partial charge in [0.25, 0.3) is 0 Å². The Kier molecular flexibility index (Phi) is 6.47. The molecule has 3 rings (SSSR count). The molecular weight excluding hydrogens is 354 g/mol. The molecule has 152 valence electrons. The highest BCUT2D eigenvalue weighted by Crippen LogP contribution is 2.44. The molecule has 0 spiro atoms. The number of fused-ring (bicyclic) bond motifs is 1. The third kappa shape index (κ3) is 3.69. The lowest BCUT2D eigenvalue weighted by Gasteiger charge is -2.47. The van der Waals surface area contributed by atoms with Gasteiger partial charge >= 0.3 is 0 Å². The van der Waals surface area contributed by atoms with E-state index in [4.69, 9.17) is 14.2 Å². The van der Waals surface area contributed by atoms with Crippen molar-refractivity contribution in [3.8, 4) is 17.2 Å². The maximum absolute atomic E-state index is 9.57. The summed E-state index contributed by atoms with van der Waals surface area (Å²) in [7, 11) is 7.09. The molecule has 0 bridgehead atoms. The molecular formula is C23H31NO4. The Morgan fingerprint density at radius 2 is 1.71 bits per heavy atom. The molecule has 0 radical (unpaired) electrons. The van der Waals surface area contributed by atoms with Gasteiger partial charge in [0.05, 0.1) is 26.9 Å². The second-order valence-electron chi connectivity index (χ2n) is 7.40. The molecule has 1 aliphatic heterocycles. The lowest BCUT2D eigenvalue weighted by molar-refractivity contribution is 0.0839. The summed E-state index contributed by atoms with van der Waals surface area (Å²) in [5, 5.41) is 9.57. The van der Waals surface area contributed by atoms with Crippen molar-refractivity contribution >= 4 is 0 Å². The van der Waals surface area contributed by atoms with Gasteiger partial charge in [-0.15, -0.1) is 0 Å². The molecule has 1 unspecified atom stereocenters. The van der Waals surface area contributed by atoms with Gasteiger partial charge in [0.1, 0.15) is 0 Å². The third-order valence-electron chi connectivity index (χ3n) is 5.94. The fourth-order valence-electron chi connectivity index (χ4n) is 4.49. The quantitative estimate of drug-likeness (QED) is 0.755. The summed E-state index contributed by atoms with van der Waals surface area (Å²) in [5.41, 5.74) is 3.69. The largest absolute Gasteiger partial charge is 0.493 e. The Morgan fingerprint density at radius 1 is 1.04 bits per heavy atom. The van der Waals surface area contributed by atoms with E-state index in [-0.39, 0.29) is 12.1 Å². The average Bonchev–Trinajstić information content (AvgIpc) is 2.73. The van der Waals surface area contributed by atoms with Gasteiger partial charge in [0.15, 0.2) is 11.5 Å². The minimum Gasteiger partial charge on any atom is -0.493 e. The Balaban J connectivity index is 2.10. The predicted molar refractivity (Wildman–Crippen MR) is 111 cm³/mol. The number of nitrogens with zero attached hydrogens (tertiary/aromatic N) is 1. The van der Waals surface area contributed by atoms with Crippen LogP contribution in [0.1, 0.15) is 29.5 Å². The molecule has 0 saturated carbocycles. The number of likely N-dealkylation sites (N-methyl/N-ethyl adjacent to an activating group) is 1. The van der Waals surface area contributed by atoms with Crippen LogP contribution in [0.15, 0.2) is 36.4 Å². The summed E-state index contributed by atoms with van der Waals surface area (Å²) in [4.78, 5) is 2.44. The maximum atomic E-state index is 9.57. The van der Waals surface area contributed by atoms with E-state index in [0.29, 0.717) is 17.2 Å². The van der Waals surface area contributed by atoms with Gasteiger partial charge in [-0.25, -0.2) is 0 Å². The van der Waals surface area contributed by atoms with Crippen molar-refractivity contribution in [1.82, 2.24) is 4.90 Å². The molecule has 0 fully saturated rings. The minimum absolute atomic E-state index is 0.178. The van der Waals surface area contributed by atoms with Crippen molar-refractivity contribution in [2.24, 2.45) is 0 Å². The molecule has 1 N–H and O–H groups in total. The molecule has 0 aromatic heterocycles. The van der Waals surface area contributed by atoms with Crippen molar-refractivity contribution in [1.29, 1.82) is 0 Å². The van der Waals surface area contributed by atoms with Gasteiger partial charge in [-0.3, -0.25) is 4.90 Å².